The highest BCUT2D eigenvalue weighted by molar-refractivity contribution is 7.25. The zero-order valence-electron chi connectivity index (χ0n) is 45.2. The molecule has 0 aliphatic rings. The Balaban J connectivity index is 0.815. The molecule has 13 aromatic carbocycles. The number of thiophene rings is 1. The van der Waals surface area contributed by atoms with Crippen LogP contribution < -0.4 is 9.80 Å². The molecule has 16 aromatic rings. The van der Waals surface area contributed by atoms with Crippen LogP contribution in [-0.4, -0.2) is 9.13 Å². The number of hydrogen-bond donors (Lipinski definition) is 0. The first-order chi connectivity index (χ1) is 41.2. The summed E-state index contributed by atoms with van der Waals surface area (Å²) in [5, 5.41) is 7.45. The van der Waals surface area contributed by atoms with E-state index in [0.29, 0.717) is 0 Å². The van der Waals surface area contributed by atoms with Crippen molar-refractivity contribution in [3.63, 3.8) is 0 Å². The predicted octanol–water partition coefficient (Wildman–Crippen LogP) is 22.2. The zero-order valence-corrected chi connectivity index (χ0v) is 46.0. The summed E-state index contributed by atoms with van der Waals surface area (Å²) in [6.07, 6.45) is 0. The number of hydrogen-bond acceptors (Lipinski definition) is 3. The van der Waals surface area contributed by atoms with Gasteiger partial charge in [-0.2, -0.15) is 0 Å². The molecule has 3 heterocycles. The van der Waals surface area contributed by atoms with Gasteiger partial charge in [0.25, 0.3) is 0 Å². The Morgan fingerprint density at radius 2 is 0.735 bits per heavy atom. The zero-order chi connectivity index (χ0) is 54.8. The molecule has 0 radical (unpaired) electrons. The molecule has 16 rings (SSSR count). The fourth-order valence-electron chi connectivity index (χ4n) is 12.6. The van der Waals surface area contributed by atoms with E-state index in [4.69, 9.17) is 0 Å². The number of fused-ring (bicyclic) bond motifs is 9. The summed E-state index contributed by atoms with van der Waals surface area (Å²) in [7, 11) is 0. The molecule has 5 heteroatoms. The van der Waals surface area contributed by atoms with Gasteiger partial charge in [0.15, 0.2) is 0 Å². The Labute approximate surface area is 485 Å². The number of anilines is 6. The van der Waals surface area contributed by atoms with Crippen molar-refractivity contribution >= 4 is 109 Å². The van der Waals surface area contributed by atoms with Crippen molar-refractivity contribution in [2.24, 2.45) is 0 Å². The standard InChI is InChI=1S/C78H52N4S/c1-5-20-53(21-6-1)55-36-40-61(41-37-55)81-73-34-17-14-31-66(73)67-46-44-64(50-75(67)81)80(59-27-11-4-12-28-59)72-33-16-13-30-65(72)56-38-42-60(43-39-56)79(58-25-9-3-10-26-58)63-45-47-74-69(49-63)70-52-78-71(68-32-15-18-35-77(68)83-78)51-76(70)82(74)62-29-19-24-57(48-62)54-22-7-2-8-23-54/h1-52H. The normalized spacial score (nSPS) is 11.6. The fourth-order valence-corrected chi connectivity index (χ4v) is 13.8. The molecule has 0 aliphatic carbocycles. The average molecular weight is 1080 g/mol. The van der Waals surface area contributed by atoms with Crippen LogP contribution in [0.3, 0.4) is 0 Å². The average Bonchev–Trinajstić information content (AvgIpc) is 4.14. The molecule has 4 nitrogen and oxygen atoms in total. The van der Waals surface area contributed by atoms with Crippen molar-refractivity contribution < 1.29 is 0 Å². The third-order valence-electron chi connectivity index (χ3n) is 16.5. The number of benzene rings is 13. The van der Waals surface area contributed by atoms with Crippen LogP contribution in [0, 0.1) is 0 Å². The van der Waals surface area contributed by atoms with E-state index in [-0.39, 0.29) is 0 Å². The van der Waals surface area contributed by atoms with Gasteiger partial charge in [0, 0.05) is 87.1 Å². The summed E-state index contributed by atoms with van der Waals surface area (Å²) in [4.78, 5) is 4.81. The first-order valence-corrected chi connectivity index (χ1v) is 29.1. The molecule has 0 atom stereocenters. The molecule has 0 aliphatic heterocycles. The number of para-hydroxylation sites is 4. The summed E-state index contributed by atoms with van der Waals surface area (Å²) in [6.45, 7) is 0. The molecular formula is C78H52N4S. The summed E-state index contributed by atoms with van der Waals surface area (Å²) >= 11 is 1.87. The van der Waals surface area contributed by atoms with Gasteiger partial charge in [-0.05, 0) is 149 Å². The van der Waals surface area contributed by atoms with Gasteiger partial charge in [-0.1, -0.05) is 194 Å². The Bertz CT molecular complexity index is 5060. The third-order valence-corrected chi connectivity index (χ3v) is 17.6. The molecule has 0 saturated heterocycles. The van der Waals surface area contributed by atoms with Gasteiger partial charge in [0.05, 0.1) is 27.8 Å². The minimum Gasteiger partial charge on any atom is -0.310 e. The lowest BCUT2D eigenvalue weighted by atomic mass is 10.0. The first-order valence-electron chi connectivity index (χ1n) is 28.3. The Hall–Kier alpha value is -10.7. The molecule has 0 amide bonds. The highest BCUT2D eigenvalue weighted by Crippen LogP contribution is 2.47. The SMILES string of the molecule is c1ccc(-c2ccc(-n3c4ccccc4c4ccc(N(c5ccccc5)c5ccccc5-c5ccc(N(c6ccccc6)c6ccc7c(c6)c6cc8sc9ccccc9c8cc6n7-c6cccc(-c7ccccc7)c6)cc5)cc43)cc2)cc1. The first kappa shape index (κ1) is 48.2. The van der Waals surface area contributed by atoms with Gasteiger partial charge < -0.3 is 18.9 Å². The summed E-state index contributed by atoms with van der Waals surface area (Å²) < 4.78 is 7.47. The van der Waals surface area contributed by atoms with Crippen LogP contribution in [-0.2, 0) is 0 Å². The van der Waals surface area contributed by atoms with E-state index in [2.05, 4.69) is 334 Å². The van der Waals surface area contributed by atoms with Crippen molar-refractivity contribution in [2.45, 2.75) is 0 Å². The second kappa shape index (κ2) is 20.1. The quantitative estimate of drug-likeness (QED) is 0.128. The second-order valence-corrected chi connectivity index (χ2v) is 22.4. The molecule has 3 aromatic heterocycles. The van der Waals surface area contributed by atoms with Gasteiger partial charge in [-0.3, -0.25) is 0 Å². The van der Waals surface area contributed by atoms with Crippen LogP contribution in [0.15, 0.2) is 315 Å². The number of aromatic nitrogens is 2. The lowest BCUT2D eigenvalue weighted by molar-refractivity contribution is 1.18. The van der Waals surface area contributed by atoms with E-state index in [1.807, 2.05) is 11.3 Å². The van der Waals surface area contributed by atoms with E-state index in [1.165, 1.54) is 75.0 Å². The molecule has 0 saturated carbocycles. The Morgan fingerprint density at radius 1 is 0.229 bits per heavy atom. The van der Waals surface area contributed by atoms with E-state index in [0.717, 1.165) is 67.7 Å². The van der Waals surface area contributed by atoms with E-state index in [9.17, 15) is 0 Å². The van der Waals surface area contributed by atoms with Gasteiger partial charge in [0.1, 0.15) is 0 Å². The van der Waals surface area contributed by atoms with Crippen LogP contribution in [0.4, 0.5) is 34.1 Å². The summed E-state index contributed by atoms with van der Waals surface area (Å²) in [5.74, 6) is 0. The molecular weight excluding hydrogens is 1020 g/mol. The monoisotopic (exact) mass is 1080 g/mol. The maximum absolute atomic E-state index is 2.47. The lowest BCUT2D eigenvalue weighted by Crippen LogP contribution is -2.11. The molecule has 0 spiro atoms. The summed E-state index contributed by atoms with van der Waals surface area (Å²) in [5.41, 5.74) is 20.4. The van der Waals surface area contributed by atoms with Crippen LogP contribution in [0.5, 0.6) is 0 Å². The molecule has 0 bridgehead atoms. The van der Waals surface area contributed by atoms with Crippen LogP contribution in [0.25, 0.3) is 109 Å². The van der Waals surface area contributed by atoms with E-state index < -0.39 is 0 Å². The molecule has 0 unspecified atom stereocenters. The Morgan fingerprint density at radius 3 is 1.49 bits per heavy atom. The molecule has 83 heavy (non-hydrogen) atoms. The predicted molar refractivity (Wildman–Crippen MR) is 354 cm³/mol. The van der Waals surface area contributed by atoms with Gasteiger partial charge in [0.2, 0.25) is 0 Å². The van der Waals surface area contributed by atoms with Crippen molar-refractivity contribution in [1.82, 2.24) is 9.13 Å². The second-order valence-electron chi connectivity index (χ2n) is 21.3. The minimum absolute atomic E-state index is 1.07. The van der Waals surface area contributed by atoms with Gasteiger partial charge >= 0.3 is 0 Å². The van der Waals surface area contributed by atoms with Crippen molar-refractivity contribution in [1.29, 1.82) is 0 Å². The molecule has 0 fully saturated rings. The van der Waals surface area contributed by atoms with Gasteiger partial charge in [-0.25, -0.2) is 0 Å². The van der Waals surface area contributed by atoms with Crippen molar-refractivity contribution in [3.8, 4) is 44.8 Å². The van der Waals surface area contributed by atoms with Crippen LogP contribution >= 0.6 is 11.3 Å². The number of rotatable bonds is 11. The Kier molecular flexibility index (Phi) is 11.7. The van der Waals surface area contributed by atoms with Crippen molar-refractivity contribution in [3.05, 3.63) is 315 Å². The van der Waals surface area contributed by atoms with Crippen LogP contribution in [0.1, 0.15) is 0 Å². The highest BCUT2D eigenvalue weighted by Gasteiger charge is 2.23. The van der Waals surface area contributed by atoms with Crippen molar-refractivity contribution in [2.75, 3.05) is 9.80 Å². The maximum Gasteiger partial charge on any atom is 0.0561 e. The fraction of sp³-hybridized carbons (Fsp3) is 0. The van der Waals surface area contributed by atoms with E-state index >= 15 is 0 Å². The largest absolute Gasteiger partial charge is 0.310 e. The van der Waals surface area contributed by atoms with Crippen LogP contribution in [0.2, 0.25) is 0 Å². The minimum atomic E-state index is 1.07. The lowest BCUT2D eigenvalue weighted by Gasteiger charge is -2.28. The summed E-state index contributed by atoms with van der Waals surface area (Å²) in [6, 6.07) is 115. The highest BCUT2D eigenvalue weighted by atomic mass is 32.1. The topological polar surface area (TPSA) is 16.3 Å². The molecule has 0 N–H and O–H groups in total. The third kappa shape index (κ3) is 8.36. The van der Waals surface area contributed by atoms with E-state index in [1.54, 1.807) is 0 Å². The molecule has 390 valence electrons. The van der Waals surface area contributed by atoms with Gasteiger partial charge in [-0.15, -0.1) is 11.3 Å². The maximum atomic E-state index is 2.47. The number of nitrogens with zero attached hydrogens (tertiary/aromatic N) is 4. The smallest absolute Gasteiger partial charge is 0.0561 e.